The van der Waals surface area contributed by atoms with E-state index in [0.717, 1.165) is 32.5 Å². The quantitative estimate of drug-likeness (QED) is 0.460. The van der Waals surface area contributed by atoms with Gasteiger partial charge in [0.1, 0.15) is 12.2 Å². The van der Waals surface area contributed by atoms with Crippen molar-refractivity contribution in [3.05, 3.63) is 0 Å². The predicted molar refractivity (Wildman–Crippen MR) is 88.7 cm³/mol. The average Bonchev–Trinajstić information content (AvgIpc) is 2.52. The highest BCUT2D eigenvalue weighted by Crippen LogP contribution is 2.17. The number of carbonyl (C=O) groups excluding carboxylic acids is 2. The highest BCUT2D eigenvalue weighted by molar-refractivity contribution is 5.72. The molecule has 0 aromatic heterocycles. The normalized spacial score (nSPS) is 16.8. The molecule has 0 atom stereocenters. The van der Waals surface area contributed by atoms with Crippen molar-refractivity contribution in [2.45, 2.75) is 39.2 Å². The summed E-state index contributed by atoms with van der Waals surface area (Å²) in [4.78, 5) is 25.1. The number of hydrogen-bond acceptors (Lipinski definition) is 7. The fourth-order valence-electron chi connectivity index (χ4n) is 2.50. The number of carbonyl (C=O) groups is 2. The van der Waals surface area contributed by atoms with E-state index in [-0.39, 0.29) is 24.5 Å². The van der Waals surface area contributed by atoms with Crippen molar-refractivity contribution >= 4 is 11.9 Å². The molecule has 140 valence electrons. The van der Waals surface area contributed by atoms with E-state index in [9.17, 15) is 9.59 Å². The largest absolute Gasteiger partial charge is 0.469 e. The molecule has 1 saturated heterocycles. The van der Waals surface area contributed by atoms with E-state index in [4.69, 9.17) is 18.9 Å². The van der Waals surface area contributed by atoms with Crippen LogP contribution in [0.2, 0.25) is 0 Å². The molecule has 7 nitrogen and oxygen atoms in total. The lowest BCUT2D eigenvalue weighted by molar-refractivity contribution is -0.160. The van der Waals surface area contributed by atoms with E-state index in [0.29, 0.717) is 19.8 Å². The SMILES string of the molecule is COC(=O)C1CCN(CCOCCOCC(=O)OC(C)(C)C)CC1. The molecule has 1 heterocycles. The number of ether oxygens (including phenoxy) is 4. The summed E-state index contributed by atoms with van der Waals surface area (Å²) in [5.41, 5.74) is -0.488. The molecule has 0 saturated carbocycles. The van der Waals surface area contributed by atoms with Crippen molar-refractivity contribution in [2.24, 2.45) is 5.92 Å². The Morgan fingerprint density at radius 3 is 2.25 bits per heavy atom. The second kappa shape index (κ2) is 10.6. The second-order valence-electron chi connectivity index (χ2n) is 6.89. The number of rotatable bonds is 9. The first kappa shape index (κ1) is 20.9. The molecular formula is C17H31NO6. The van der Waals surface area contributed by atoms with Crippen LogP contribution >= 0.6 is 0 Å². The molecule has 1 aliphatic rings. The smallest absolute Gasteiger partial charge is 0.332 e. The van der Waals surface area contributed by atoms with Crippen LogP contribution in [0.5, 0.6) is 0 Å². The molecule has 1 aliphatic heterocycles. The Labute approximate surface area is 144 Å². The van der Waals surface area contributed by atoms with Gasteiger partial charge in [0, 0.05) is 6.54 Å². The van der Waals surface area contributed by atoms with Crippen LogP contribution < -0.4 is 0 Å². The molecular weight excluding hydrogens is 314 g/mol. The van der Waals surface area contributed by atoms with Gasteiger partial charge in [0.05, 0.1) is 32.8 Å². The van der Waals surface area contributed by atoms with Crippen LogP contribution in [0.3, 0.4) is 0 Å². The fraction of sp³-hybridized carbons (Fsp3) is 0.882. The summed E-state index contributed by atoms with van der Waals surface area (Å²) in [5, 5.41) is 0. The van der Waals surface area contributed by atoms with Crippen LogP contribution in [-0.4, -0.2) is 75.6 Å². The van der Waals surface area contributed by atoms with E-state index in [1.54, 1.807) is 0 Å². The number of hydrogen-bond donors (Lipinski definition) is 0. The molecule has 0 radical (unpaired) electrons. The van der Waals surface area contributed by atoms with Crippen molar-refractivity contribution < 1.29 is 28.5 Å². The summed E-state index contributed by atoms with van der Waals surface area (Å²) >= 11 is 0. The van der Waals surface area contributed by atoms with Gasteiger partial charge in [0.15, 0.2) is 0 Å². The van der Waals surface area contributed by atoms with Gasteiger partial charge in [0.25, 0.3) is 0 Å². The first-order valence-electron chi connectivity index (χ1n) is 8.49. The van der Waals surface area contributed by atoms with Crippen LogP contribution in [0.15, 0.2) is 0 Å². The van der Waals surface area contributed by atoms with Gasteiger partial charge in [-0.1, -0.05) is 0 Å². The lowest BCUT2D eigenvalue weighted by Crippen LogP contribution is -2.38. The topological polar surface area (TPSA) is 74.3 Å². The van der Waals surface area contributed by atoms with Crippen molar-refractivity contribution in [1.29, 1.82) is 0 Å². The van der Waals surface area contributed by atoms with Crippen LogP contribution in [-0.2, 0) is 28.5 Å². The van der Waals surface area contributed by atoms with Crippen LogP contribution in [0.4, 0.5) is 0 Å². The van der Waals surface area contributed by atoms with Crippen LogP contribution in [0.25, 0.3) is 0 Å². The molecule has 0 bridgehead atoms. The number of piperidine rings is 1. The Morgan fingerprint density at radius 1 is 1.04 bits per heavy atom. The zero-order valence-electron chi connectivity index (χ0n) is 15.3. The highest BCUT2D eigenvalue weighted by atomic mass is 16.6. The molecule has 1 fully saturated rings. The third kappa shape index (κ3) is 9.20. The van der Waals surface area contributed by atoms with Crippen molar-refractivity contribution in [3.8, 4) is 0 Å². The Bertz CT molecular complexity index is 385. The number of methoxy groups -OCH3 is 1. The van der Waals surface area contributed by atoms with Gasteiger partial charge in [-0.15, -0.1) is 0 Å². The minimum Gasteiger partial charge on any atom is -0.469 e. The summed E-state index contributed by atoms with van der Waals surface area (Å²) < 4.78 is 20.6. The zero-order valence-corrected chi connectivity index (χ0v) is 15.3. The molecule has 0 spiro atoms. The standard InChI is InChI=1S/C17H31NO6/c1-17(2,3)24-15(19)13-23-12-11-22-10-9-18-7-5-14(6-8-18)16(20)21-4/h14H,5-13H2,1-4H3. The Balaban J connectivity index is 1.96. The minimum atomic E-state index is -0.488. The molecule has 0 amide bonds. The fourth-order valence-corrected chi connectivity index (χ4v) is 2.50. The van der Waals surface area contributed by atoms with Gasteiger partial charge < -0.3 is 23.8 Å². The van der Waals surface area contributed by atoms with Crippen molar-refractivity contribution in [1.82, 2.24) is 4.90 Å². The van der Waals surface area contributed by atoms with E-state index in [1.165, 1.54) is 7.11 Å². The van der Waals surface area contributed by atoms with Gasteiger partial charge in [-0.05, 0) is 46.7 Å². The van der Waals surface area contributed by atoms with E-state index < -0.39 is 5.60 Å². The summed E-state index contributed by atoms with van der Waals surface area (Å²) in [6.07, 6.45) is 1.68. The number of nitrogens with zero attached hydrogens (tertiary/aromatic N) is 1. The molecule has 24 heavy (non-hydrogen) atoms. The maximum Gasteiger partial charge on any atom is 0.332 e. The Hall–Kier alpha value is -1.18. The molecule has 0 unspecified atom stereocenters. The lowest BCUT2D eigenvalue weighted by Gasteiger charge is -2.30. The third-order valence-electron chi connectivity index (χ3n) is 3.69. The van der Waals surface area contributed by atoms with E-state index in [1.807, 2.05) is 20.8 Å². The molecule has 0 N–H and O–H groups in total. The number of likely N-dealkylation sites (tertiary alicyclic amines) is 1. The van der Waals surface area contributed by atoms with Crippen molar-refractivity contribution in [2.75, 3.05) is 53.2 Å². The molecule has 7 heteroatoms. The minimum absolute atomic E-state index is 0.0356. The molecule has 0 aromatic rings. The summed E-state index contributed by atoms with van der Waals surface area (Å²) in [7, 11) is 1.44. The highest BCUT2D eigenvalue weighted by Gasteiger charge is 2.25. The zero-order chi connectivity index (χ0) is 18.0. The monoisotopic (exact) mass is 345 g/mol. The second-order valence-corrected chi connectivity index (χ2v) is 6.89. The van der Waals surface area contributed by atoms with Gasteiger partial charge in [-0.2, -0.15) is 0 Å². The predicted octanol–water partition coefficient (Wildman–Crippen LogP) is 1.25. The average molecular weight is 345 g/mol. The van der Waals surface area contributed by atoms with Gasteiger partial charge in [-0.25, -0.2) is 4.79 Å². The van der Waals surface area contributed by atoms with E-state index >= 15 is 0 Å². The Morgan fingerprint density at radius 2 is 1.67 bits per heavy atom. The molecule has 1 rings (SSSR count). The van der Waals surface area contributed by atoms with E-state index in [2.05, 4.69) is 4.90 Å². The summed E-state index contributed by atoms with van der Waals surface area (Å²) in [5.74, 6) is -0.433. The summed E-state index contributed by atoms with van der Waals surface area (Å²) in [6, 6.07) is 0. The first-order chi connectivity index (χ1) is 11.3. The lowest BCUT2D eigenvalue weighted by atomic mass is 9.97. The Kier molecular flexibility index (Phi) is 9.25. The van der Waals surface area contributed by atoms with Gasteiger partial charge >= 0.3 is 11.9 Å². The molecule has 0 aliphatic carbocycles. The summed E-state index contributed by atoms with van der Waals surface area (Å²) in [6.45, 7) is 9.44. The van der Waals surface area contributed by atoms with Gasteiger partial charge in [-0.3, -0.25) is 4.79 Å². The van der Waals surface area contributed by atoms with Crippen LogP contribution in [0.1, 0.15) is 33.6 Å². The van der Waals surface area contributed by atoms with Gasteiger partial charge in [0.2, 0.25) is 0 Å². The maximum atomic E-state index is 11.4. The van der Waals surface area contributed by atoms with Crippen LogP contribution in [0, 0.1) is 5.92 Å². The third-order valence-corrected chi connectivity index (χ3v) is 3.69. The maximum absolute atomic E-state index is 11.4. The van der Waals surface area contributed by atoms with Crippen molar-refractivity contribution in [3.63, 3.8) is 0 Å². The first-order valence-corrected chi connectivity index (χ1v) is 8.49. The number of esters is 2. The molecule has 0 aromatic carbocycles.